The van der Waals surface area contributed by atoms with Crippen molar-refractivity contribution >= 4 is 15.9 Å². The average molecular weight is 309 g/mol. The molecule has 3 nitrogen and oxygen atoms in total. The summed E-state index contributed by atoms with van der Waals surface area (Å²) >= 11 is 3.43. The zero-order valence-electron chi connectivity index (χ0n) is 10.6. The van der Waals surface area contributed by atoms with Gasteiger partial charge in [0.15, 0.2) is 0 Å². The summed E-state index contributed by atoms with van der Waals surface area (Å²) in [5, 5.41) is 0. The molecule has 96 valence electrons. The summed E-state index contributed by atoms with van der Waals surface area (Å²) in [4.78, 5) is 4.36. The van der Waals surface area contributed by atoms with Gasteiger partial charge in [-0.3, -0.25) is 0 Å². The van der Waals surface area contributed by atoms with Crippen molar-refractivity contribution in [3.63, 3.8) is 0 Å². The number of hydrogen-bond donors (Lipinski definition) is 0. The van der Waals surface area contributed by atoms with E-state index < -0.39 is 0 Å². The van der Waals surface area contributed by atoms with E-state index in [1.54, 1.807) is 0 Å². The Morgan fingerprint density at radius 1 is 1.39 bits per heavy atom. The maximum absolute atomic E-state index is 5.72. The number of ether oxygens (including phenoxy) is 1. The van der Waals surface area contributed by atoms with Crippen LogP contribution in [0.1, 0.15) is 25.6 Å². The van der Waals surface area contributed by atoms with Crippen LogP contribution in [0.2, 0.25) is 0 Å². The summed E-state index contributed by atoms with van der Waals surface area (Å²) in [6.45, 7) is 5.76. The maximum atomic E-state index is 5.72. The Morgan fingerprint density at radius 2 is 2.22 bits per heavy atom. The SMILES string of the molecule is CC(C)c1nccn1CCOc1cccc(Br)c1. The van der Waals surface area contributed by atoms with Gasteiger partial charge in [0, 0.05) is 22.8 Å². The molecule has 0 spiro atoms. The minimum atomic E-state index is 0.436. The fourth-order valence-corrected chi connectivity index (χ4v) is 2.21. The van der Waals surface area contributed by atoms with Crippen molar-refractivity contribution < 1.29 is 4.74 Å². The number of halogens is 1. The van der Waals surface area contributed by atoms with E-state index in [1.165, 1.54) is 0 Å². The van der Waals surface area contributed by atoms with Crippen molar-refractivity contribution in [1.29, 1.82) is 0 Å². The van der Waals surface area contributed by atoms with E-state index in [2.05, 4.69) is 39.3 Å². The van der Waals surface area contributed by atoms with Crippen LogP contribution in [0.15, 0.2) is 41.1 Å². The van der Waals surface area contributed by atoms with Crippen molar-refractivity contribution in [2.45, 2.75) is 26.3 Å². The predicted octanol–water partition coefficient (Wildman–Crippen LogP) is 3.85. The first-order valence-corrected chi connectivity index (χ1v) is 6.85. The van der Waals surface area contributed by atoms with Gasteiger partial charge < -0.3 is 9.30 Å². The lowest BCUT2D eigenvalue weighted by atomic mass is 10.2. The zero-order valence-corrected chi connectivity index (χ0v) is 12.2. The van der Waals surface area contributed by atoms with Gasteiger partial charge in [0.05, 0.1) is 6.54 Å². The Labute approximate surface area is 116 Å². The third-order valence-corrected chi connectivity index (χ3v) is 3.15. The molecule has 0 atom stereocenters. The Bertz CT molecular complexity index is 508. The summed E-state index contributed by atoms with van der Waals surface area (Å²) in [7, 11) is 0. The third kappa shape index (κ3) is 3.35. The van der Waals surface area contributed by atoms with Gasteiger partial charge in [-0.1, -0.05) is 35.8 Å². The van der Waals surface area contributed by atoms with Crippen LogP contribution in [0.25, 0.3) is 0 Å². The molecule has 1 aromatic carbocycles. The standard InChI is InChI=1S/C14H17BrN2O/c1-11(2)14-16-6-7-17(14)8-9-18-13-5-3-4-12(15)10-13/h3-7,10-11H,8-9H2,1-2H3. The average Bonchev–Trinajstić information content (AvgIpc) is 2.77. The van der Waals surface area contributed by atoms with E-state index in [-0.39, 0.29) is 0 Å². The number of rotatable bonds is 5. The van der Waals surface area contributed by atoms with Gasteiger partial charge in [0.2, 0.25) is 0 Å². The molecule has 1 aromatic heterocycles. The lowest BCUT2D eigenvalue weighted by molar-refractivity contribution is 0.295. The molecule has 18 heavy (non-hydrogen) atoms. The van der Waals surface area contributed by atoms with Crippen LogP contribution in [0.5, 0.6) is 5.75 Å². The second-order valence-electron chi connectivity index (χ2n) is 4.44. The molecular weight excluding hydrogens is 292 g/mol. The van der Waals surface area contributed by atoms with Crippen molar-refractivity contribution in [2.75, 3.05) is 6.61 Å². The van der Waals surface area contributed by atoms with Crippen LogP contribution in [0.3, 0.4) is 0 Å². The normalized spacial score (nSPS) is 10.9. The Kier molecular flexibility index (Phi) is 4.42. The first-order valence-electron chi connectivity index (χ1n) is 6.06. The lowest BCUT2D eigenvalue weighted by Gasteiger charge is -2.11. The molecule has 0 radical (unpaired) electrons. The minimum Gasteiger partial charge on any atom is -0.492 e. The van der Waals surface area contributed by atoms with Gasteiger partial charge in [-0.05, 0) is 18.2 Å². The molecule has 0 amide bonds. The van der Waals surface area contributed by atoms with E-state index in [0.717, 1.165) is 22.6 Å². The monoisotopic (exact) mass is 308 g/mol. The molecule has 2 rings (SSSR count). The van der Waals surface area contributed by atoms with Crippen LogP contribution in [-0.2, 0) is 6.54 Å². The molecule has 2 aromatic rings. The molecule has 0 aliphatic heterocycles. The highest BCUT2D eigenvalue weighted by Gasteiger charge is 2.06. The van der Waals surface area contributed by atoms with Crippen molar-refractivity contribution in [3.05, 3.63) is 47.0 Å². The Hall–Kier alpha value is -1.29. The number of aromatic nitrogens is 2. The molecular formula is C14H17BrN2O. The van der Waals surface area contributed by atoms with Gasteiger partial charge in [-0.25, -0.2) is 4.98 Å². The van der Waals surface area contributed by atoms with Crippen molar-refractivity contribution in [3.8, 4) is 5.75 Å². The van der Waals surface area contributed by atoms with Crippen LogP contribution in [0.4, 0.5) is 0 Å². The summed E-state index contributed by atoms with van der Waals surface area (Å²) < 4.78 is 8.89. The molecule has 4 heteroatoms. The minimum absolute atomic E-state index is 0.436. The first-order chi connectivity index (χ1) is 8.66. The van der Waals surface area contributed by atoms with E-state index in [1.807, 2.05) is 36.7 Å². The molecule has 0 N–H and O–H groups in total. The molecule has 0 bridgehead atoms. The van der Waals surface area contributed by atoms with Crippen LogP contribution in [-0.4, -0.2) is 16.2 Å². The molecule has 0 fully saturated rings. The van der Waals surface area contributed by atoms with Gasteiger partial charge in [0.1, 0.15) is 18.2 Å². The summed E-state index contributed by atoms with van der Waals surface area (Å²) in [6.07, 6.45) is 3.84. The van der Waals surface area contributed by atoms with Crippen molar-refractivity contribution in [1.82, 2.24) is 9.55 Å². The quantitative estimate of drug-likeness (QED) is 0.839. The van der Waals surface area contributed by atoms with E-state index in [4.69, 9.17) is 4.74 Å². The van der Waals surface area contributed by atoms with E-state index in [0.29, 0.717) is 12.5 Å². The molecule has 0 saturated carbocycles. The van der Waals surface area contributed by atoms with Crippen molar-refractivity contribution in [2.24, 2.45) is 0 Å². The Balaban J connectivity index is 1.90. The number of hydrogen-bond acceptors (Lipinski definition) is 2. The van der Waals surface area contributed by atoms with Gasteiger partial charge in [-0.2, -0.15) is 0 Å². The van der Waals surface area contributed by atoms with Crippen LogP contribution >= 0.6 is 15.9 Å². The van der Waals surface area contributed by atoms with Gasteiger partial charge in [-0.15, -0.1) is 0 Å². The highest BCUT2D eigenvalue weighted by Crippen LogP contribution is 2.18. The van der Waals surface area contributed by atoms with E-state index in [9.17, 15) is 0 Å². The largest absolute Gasteiger partial charge is 0.492 e. The zero-order chi connectivity index (χ0) is 13.0. The first kappa shape index (κ1) is 13.1. The molecule has 1 heterocycles. The smallest absolute Gasteiger partial charge is 0.120 e. The van der Waals surface area contributed by atoms with Crippen LogP contribution in [0, 0.1) is 0 Å². The van der Waals surface area contributed by atoms with Crippen LogP contribution < -0.4 is 4.74 Å². The molecule has 0 unspecified atom stereocenters. The number of benzene rings is 1. The fraction of sp³-hybridized carbons (Fsp3) is 0.357. The van der Waals surface area contributed by atoms with Gasteiger partial charge >= 0.3 is 0 Å². The van der Waals surface area contributed by atoms with Gasteiger partial charge in [0.25, 0.3) is 0 Å². The molecule has 0 aliphatic rings. The Morgan fingerprint density at radius 3 is 2.94 bits per heavy atom. The summed E-state index contributed by atoms with van der Waals surface area (Å²) in [5.74, 6) is 2.43. The number of nitrogens with zero attached hydrogens (tertiary/aromatic N) is 2. The highest BCUT2D eigenvalue weighted by atomic mass is 79.9. The highest BCUT2D eigenvalue weighted by molar-refractivity contribution is 9.10. The molecule has 0 saturated heterocycles. The topological polar surface area (TPSA) is 27.1 Å². The second-order valence-corrected chi connectivity index (χ2v) is 5.36. The fourth-order valence-electron chi connectivity index (χ4n) is 1.83. The maximum Gasteiger partial charge on any atom is 0.120 e. The second kappa shape index (κ2) is 6.05. The summed E-state index contributed by atoms with van der Waals surface area (Å²) in [6, 6.07) is 7.88. The molecule has 0 aliphatic carbocycles. The number of imidazole rings is 1. The third-order valence-electron chi connectivity index (χ3n) is 2.66. The summed E-state index contributed by atoms with van der Waals surface area (Å²) in [5.41, 5.74) is 0. The predicted molar refractivity (Wildman–Crippen MR) is 76.0 cm³/mol. The lowest BCUT2D eigenvalue weighted by Crippen LogP contribution is -2.11. The van der Waals surface area contributed by atoms with E-state index >= 15 is 0 Å².